The molecule has 21 heavy (non-hydrogen) atoms. The summed E-state index contributed by atoms with van der Waals surface area (Å²) in [5, 5.41) is 12.3. The second kappa shape index (κ2) is 7.14. The maximum Gasteiger partial charge on any atom is 0.317 e. The van der Waals surface area contributed by atoms with Gasteiger partial charge < -0.3 is 15.3 Å². The van der Waals surface area contributed by atoms with E-state index in [4.69, 9.17) is 0 Å². The fourth-order valence-corrected chi connectivity index (χ4v) is 3.73. The molecule has 3 unspecified atom stereocenters. The number of likely N-dealkylation sites (tertiary alicyclic amines) is 1. The van der Waals surface area contributed by atoms with E-state index < -0.39 is 11.9 Å². The van der Waals surface area contributed by atoms with Crippen LogP contribution in [0.2, 0.25) is 0 Å². The molecule has 1 saturated heterocycles. The first kappa shape index (κ1) is 16.1. The van der Waals surface area contributed by atoms with Gasteiger partial charge >= 0.3 is 12.0 Å². The SMILES string of the molecule is CC1CC(C(=O)O)CN(C(=O)NC(C)C2CCCCC2)C1. The average molecular weight is 296 g/mol. The quantitative estimate of drug-likeness (QED) is 0.841. The Morgan fingerprint density at radius 3 is 2.48 bits per heavy atom. The molecule has 2 N–H and O–H groups in total. The summed E-state index contributed by atoms with van der Waals surface area (Å²) in [5.74, 6) is -0.403. The van der Waals surface area contributed by atoms with E-state index in [1.165, 1.54) is 32.1 Å². The standard InChI is InChI=1S/C16H28N2O3/c1-11-8-14(15(19)20)10-18(9-11)16(21)17-12(2)13-6-4-3-5-7-13/h11-14H,3-10H2,1-2H3,(H,17,21)(H,19,20). The Kier molecular flexibility index (Phi) is 5.48. The molecule has 5 heteroatoms. The predicted octanol–water partition coefficient (Wildman–Crippen LogP) is 2.71. The van der Waals surface area contributed by atoms with Crippen molar-refractivity contribution in [2.75, 3.05) is 13.1 Å². The van der Waals surface area contributed by atoms with Gasteiger partial charge in [0.1, 0.15) is 0 Å². The molecule has 1 aliphatic carbocycles. The number of nitrogens with one attached hydrogen (secondary N) is 1. The number of urea groups is 1. The average Bonchev–Trinajstić information content (AvgIpc) is 2.47. The van der Waals surface area contributed by atoms with Crippen molar-refractivity contribution in [3.05, 3.63) is 0 Å². The van der Waals surface area contributed by atoms with E-state index in [1.54, 1.807) is 4.90 Å². The Labute approximate surface area is 127 Å². The third-order valence-electron chi connectivity index (χ3n) is 5.00. The monoisotopic (exact) mass is 296 g/mol. The van der Waals surface area contributed by atoms with Crippen LogP contribution < -0.4 is 5.32 Å². The largest absolute Gasteiger partial charge is 0.481 e. The molecule has 2 amide bonds. The molecule has 2 rings (SSSR count). The molecule has 2 aliphatic rings. The highest BCUT2D eigenvalue weighted by atomic mass is 16.4. The highest BCUT2D eigenvalue weighted by molar-refractivity contribution is 5.76. The van der Waals surface area contributed by atoms with Crippen molar-refractivity contribution >= 4 is 12.0 Å². The predicted molar refractivity (Wildman–Crippen MR) is 81.0 cm³/mol. The molecule has 5 nitrogen and oxygen atoms in total. The second-order valence-corrected chi connectivity index (χ2v) is 6.92. The Bertz CT molecular complexity index is 380. The number of nitrogens with zero attached hydrogens (tertiary/aromatic N) is 1. The Morgan fingerprint density at radius 2 is 1.86 bits per heavy atom. The number of amides is 2. The molecule has 120 valence electrons. The van der Waals surface area contributed by atoms with Crippen LogP contribution in [0.3, 0.4) is 0 Å². The molecule has 3 atom stereocenters. The summed E-state index contributed by atoms with van der Waals surface area (Å²) in [6, 6.07) is 0.0872. The molecule has 1 heterocycles. The van der Waals surface area contributed by atoms with E-state index in [0.29, 0.717) is 25.4 Å². The first-order valence-corrected chi connectivity index (χ1v) is 8.25. The van der Waals surface area contributed by atoms with Gasteiger partial charge in [-0.05, 0) is 38.0 Å². The maximum absolute atomic E-state index is 12.4. The summed E-state index contributed by atoms with van der Waals surface area (Å²) in [6.07, 6.45) is 6.86. The van der Waals surface area contributed by atoms with Gasteiger partial charge in [-0.2, -0.15) is 0 Å². The zero-order valence-electron chi connectivity index (χ0n) is 13.2. The molecule has 1 aliphatic heterocycles. The van der Waals surface area contributed by atoms with E-state index in [0.717, 1.165) is 0 Å². The molecule has 0 bridgehead atoms. The highest BCUT2D eigenvalue weighted by Gasteiger charge is 2.33. The fraction of sp³-hybridized carbons (Fsp3) is 0.875. The molecular formula is C16H28N2O3. The van der Waals surface area contributed by atoms with Gasteiger partial charge in [0.25, 0.3) is 0 Å². The zero-order valence-corrected chi connectivity index (χ0v) is 13.2. The Morgan fingerprint density at radius 1 is 1.19 bits per heavy atom. The van der Waals surface area contributed by atoms with Crippen molar-refractivity contribution < 1.29 is 14.7 Å². The molecule has 1 saturated carbocycles. The van der Waals surface area contributed by atoms with E-state index in [-0.39, 0.29) is 18.0 Å². The van der Waals surface area contributed by atoms with Crippen LogP contribution >= 0.6 is 0 Å². The minimum Gasteiger partial charge on any atom is -0.481 e. The lowest BCUT2D eigenvalue weighted by atomic mass is 9.84. The van der Waals surface area contributed by atoms with Gasteiger partial charge in [-0.25, -0.2) is 4.79 Å². The molecule has 2 fully saturated rings. The summed E-state index contributed by atoms with van der Waals surface area (Å²) in [4.78, 5) is 25.3. The normalized spacial score (nSPS) is 29.0. The van der Waals surface area contributed by atoms with Crippen LogP contribution in [0.5, 0.6) is 0 Å². The van der Waals surface area contributed by atoms with Gasteiger partial charge in [-0.15, -0.1) is 0 Å². The summed E-state index contributed by atoms with van der Waals surface area (Å²) in [6.45, 7) is 5.09. The third kappa shape index (κ3) is 4.35. The maximum atomic E-state index is 12.4. The van der Waals surface area contributed by atoms with Crippen LogP contribution in [0, 0.1) is 17.8 Å². The Balaban J connectivity index is 1.87. The van der Waals surface area contributed by atoms with Gasteiger partial charge in [0.2, 0.25) is 0 Å². The topological polar surface area (TPSA) is 69.6 Å². The van der Waals surface area contributed by atoms with Crippen LogP contribution in [0.1, 0.15) is 52.4 Å². The van der Waals surface area contributed by atoms with Gasteiger partial charge in [0.05, 0.1) is 5.92 Å². The number of carbonyl (C=O) groups excluding carboxylic acids is 1. The van der Waals surface area contributed by atoms with Crippen LogP contribution in [-0.2, 0) is 4.79 Å². The van der Waals surface area contributed by atoms with Crippen LogP contribution in [0.25, 0.3) is 0 Å². The highest BCUT2D eigenvalue weighted by Crippen LogP contribution is 2.27. The van der Waals surface area contributed by atoms with Crippen LogP contribution in [0.4, 0.5) is 4.79 Å². The number of rotatable bonds is 3. The van der Waals surface area contributed by atoms with E-state index >= 15 is 0 Å². The molecule has 0 aromatic carbocycles. The summed E-state index contributed by atoms with van der Waals surface area (Å²) in [7, 11) is 0. The molecule has 0 radical (unpaired) electrons. The van der Waals surface area contributed by atoms with Crippen LogP contribution in [0.15, 0.2) is 0 Å². The number of hydrogen-bond donors (Lipinski definition) is 2. The first-order valence-electron chi connectivity index (χ1n) is 8.25. The minimum absolute atomic E-state index is 0.0918. The third-order valence-corrected chi connectivity index (χ3v) is 5.00. The molecule has 0 aromatic rings. The van der Waals surface area contributed by atoms with E-state index in [9.17, 15) is 14.7 Å². The lowest BCUT2D eigenvalue weighted by molar-refractivity contribution is -0.143. The number of carboxylic acid groups (broad SMARTS) is 1. The summed E-state index contributed by atoms with van der Waals surface area (Å²) in [5.41, 5.74) is 0. The van der Waals surface area contributed by atoms with Crippen molar-refractivity contribution in [2.45, 2.75) is 58.4 Å². The summed E-state index contributed by atoms with van der Waals surface area (Å²) < 4.78 is 0. The molecule has 0 aromatic heterocycles. The second-order valence-electron chi connectivity index (χ2n) is 6.92. The molecule has 0 spiro atoms. The van der Waals surface area contributed by atoms with Crippen LogP contribution in [-0.4, -0.2) is 41.1 Å². The fourth-order valence-electron chi connectivity index (χ4n) is 3.73. The number of aliphatic carboxylic acids is 1. The molecular weight excluding hydrogens is 268 g/mol. The number of carboxylic acids is 1. The minimum atomic E-state index is -0.792. The summed E-state index contributed by atoms with van der Waals surface area (Å²) >= 11 is 0. The number of carbonyl (C=O) groups is 2. The van der Waals surface area contributed by atoms with Crippen molar-refractivity contribution in [1.29, 1.82) is 0 Å². The zero-order chi connectivity index (χ0) is 15.4. The number of hydrogen-bond acceptors (Lipinski definition) is 2. The number of piperidine rings is 1. The van der Waals surface area contributed by atoms with Gasteiger partial charge in [-0.3, -0.25) is 4.79 Å². The smallest absolute Gasteiger partial charge is 0.317 e. The van der Waals surface area contributed by atoms with E-state index in [1.807, 2.05) is 6.92 Å². The van der Waals surface area contributed by atoms with Gasteiger partial charge in [0.15, 0.2) is 0 Å². The van der Waals surface area contributed by atoms with Crippen molar-refractivity contribution in [2.24, 2.45) is 17.8 Å². The Hall–Kier alpha value is -1.26. The van der Waals surface area contributed by atoms with Gasteiger partial charge in [-0.1, -0.05) is 26.2 Å². The van der Waals surface area contributed by atoms with Crippen molar-refractivity contribution in [3.8, 4) is 0 Å². The lowest BCUT2D eigenvalue weighted by Crippen LogP contribution is -2.52. The van der Waals surface area contributed by atoms with Crippen molar-refractivity contribution in [1.82, 2.24) is 10.2 Å². The van der Waals surface area contributed by atoms with Crippen molar-refractivity contribution in [3.63, 3.8) is 0 Å². The first-order chi connectivity index (χ1) is 9.97. The lowest BCUT2D eigenvalue weighted by Gasteiger charge is -2.36. The van der Waals surface area contributed by atoms with E-state index in [2.05, 4.69) is 12.2 Å². The van der Waals surface area contributed by atoms with Gasteiger partial charge in [0, 0.05) is 19.1 Å².